The molecule has 2 unspecified atom stereocenters. The van der Waals surface area contributed by atoms with E-state index in [4.69, 9.17) is 0 Å². The minimum Gasteiger partial charge on any atom is -0.481 e. The van der Waals surface area contributed by atoms with Gasteiger partial charge in [0.05, 0.1) is 12.2 Å². The predicted octanol–water partition coefficient (Wildman–Crippen LogP) is 1.05. The Hall–Kier alpha value is -3.03. The van der Waals surface area contributed by atoms with E-state index in [9.17, 15) is 9.90 Å². The molecule has 4 rings (SSSR count). The van der Waals surface area contributed by atoms with E-state index in [0.29, 0.717) is 24.6 Å². The van der Waals surface area contributed by atoms with Gasteiger partial charge >= 0.3 is 5.97 Å². The van der Waals surface area contributed by atoms with Crippen molar-refractivity contribution in [1.29, 1.82) is 0 Å². The molecule has 8 heteroatoms. The number of nitrogens with zero attached hydrogens (tertiary/aromatic N) is 5. The number of aromatic amines is 1. The van der Waals surface area contributed by atoms with Crippen LogP contribution in [-0.4, -0.2) is 49.1 Å². The van der Waals surface area contributed by atoms with Crippen LogP contribution in [-0.2, 0) is 4.79 Å². The smallest absolute Gasteiger partial charge is 0.308 e. The Morgan fingerprint density at radius 3 is 2.83 bits per heavy atom. The summed E-state index contributed by atoms with van der Waals surface area (Å²) in [6, 6.07) is 3.74. The maximum absolute atomic E-state index is 11.7. The second-order valence-corrected chi connectivity index (χ2v) is 5.54. The molecule has 0 bridgehead atoms. The second-order valence-electron chi connectivity index (χ2n) is 5.54. The number of hydrogen-bond donors (Lipinski definition) is 2. The van der Waals surface area contributed by atoms with Gasteiger partial charge in [0.25, 0.3) is 0 Å². The molecule has 116 valence electrons. The van der Waals surface area contributed by atoms with Crippen molar-refractivity contribution < 1.29 is 9.90 Å². The zero-order valence-electron chi connectivity index (χ0n) is 12.1. The van der Waals surface area contributed by atoms with Gasteiger partial charge in [0.2, 0.25) is 0 Å². The van der Waals surface area contributed by atoms with Crippen molar-refractivity contribution in [3.8, 4) is 0 Å². The fourth-order valence-corrected chi connectivity index (χ4v) is 3.17. The quantitative estimate of drug-likeness (QED) is 0.744. The fraction of sp³-hybridized carbons (Fsp3) is 0.267. The normalized spacial score (nSPS) is 21.0. The highest BCUT2D eigenvalue weighted by atomic mass is 16.4. The average Bonchev–Trinajstić information content (AvgIpc) is 3.22. The first kappa shape index (κ1) is 13.6. The van der Waals surface area contributed by atoms with Crippen molar-refractivity contribution >= 4 is 23.0 Å². The number of H-pyrrole nitrogens is 1. The molecule has 1 aliphatic rings. The Balaban J connectivity index is 1.72. The molecule has 0 radical (unpaired) electrons. The molecule has 23 heavy (non-hydrogen) atoms. The topological polar surface area (TPSA) is 108 Å². The third kappa shape index (κ3) is 2.28. The van der Waals surface area contributed by atoms with Gasteiger partial charge in [-0.15, -0.1) is 0 Å². The van der Waals surface area contributed by atoms with Crippen molar-refractivity contribution in [2.45, 2.75) is 5.92 Å². The molecule has 1 aliphatic heterocycles. The molecule has 1 saturated heterocycles. The van der Waals surface area contributed by atoms with Crippen LogP contribution in [0.5, 0.6) is 0 Å². The molecule has 0 spiro atoms. The van der Waals surface area contributed by atoms with Gasteiger partial charge < -0.3 is 15.0 Å². The summed E-state index contributed by atoms with van der Waals surface area (Å²) in [5.41, 5.74) is 2.28. The van der Waals surface area contributed by atoms with Crippen LogP contribution in [0.25, 0.3) is 11.2 Å². The number of nitrogens with one attached hydrogen (secondary N) is 1. The average molecular weight is 310 g/mol. The number of rotatable bonds is 3. The lowest BCUT2D eigenvalue weighted by molar-refractivity contribution is -0.141. The lowest BCUT2D eigenvalue weighted by Gasteiger charge is -2.17. The Morgan fingerprint density at radius 2 is 2.04 bits per heavy atom. The van der Waals surface area contributed by atoms with Gasteiger partial charge in [0, 0.05) is 31.4 Å². The minimum absolute atomic E-state index is 0.108. The van der Waals surface area contributed by atoms with Crippen molar-refractivity contribution in [2.24, 2.45) is 5.92 Å². The summed E-state index contributed by atoms with van der Waals surface area (Å²) in [7, 11) is 0. The maximum Gasteiger partial charge on any atom is 0.308 e. The number of aliphatic carboxylic acids is 1. The molecular weight excluding hydrogens is 296 g/mol. The molecule has 0 saturated carbocycles. The van der Waals surface area contributed by atoms with Crippen LogP contribution in [0.15, 0.2) is 37.2 Å². The molecule has 8 nitrogen and oxygen atoms in total. The van der Waals surface area contributed by atoms with E-state index < -0.39 is 11.9 Å². The number of fused-ring (bicyclic) bond motifs is 1. The number of aromatic nitrogens is 5. The van der Waals surface area contributed by atoms with Crippen LogP contribution >= 0.6 is 0 Å². The summed E-state index contributed by atoms with van der Waals surface area (Å²) in [4.78, 5) is 33.2. The summed E-state index contributed by atoms with van der Waals surface area (Å²) in [6.07, 6.45) is 6.39. The summed E-state index contributed by atoms with van der Waals surface area (Å²) in [5.74, 6) is -0.715. The van der Waals surface area contributed by atoms with E-state index in [1.54, 1.807) is 18.7 Å². The van der Waals surface area contributed by atoms with Gasteiger partial charge in [-0.1, -0.05) is 0 Å². The monoisotopic (exact) mass is 310 g/mol. The lowest BCUT2D eigenvalue weighted by atomic mass is 9.90. The van der Waals surface area contributed by atoms with Crippen molar-refractivity contribution in [3.63, 3.8) is 0 Å². The zero-order valence-corrected chi connectivity index (χ0v) is 12.1. The van der Waals surface area contributed by atoms with Crippen molar-refractivity contribution in [2.75, 3.05) is 18.0 Å². The van der Waals surface area contributed by atoms with Crippen LogP contribution in [0, 0.1) is 5.92 Å². The zero-order chi connectivity index (χ0) is 15.8. The third-order valence-corrected chi connectivity index (χ3v) is 4.27. The van der Waals surface area contributed by atoms with E-state index in [1.165, 1.54) is 6.33 Å². The molecule has 4 heterocycles. The number of hydrogen-bond acceptors (Lipinski definition) is 6. The minimum atomic E-state index is -0.802. The third-order valence-electron chi connectivity index (χ3n) is 4.27. The van der Waals surface area contributed by atoms with E-state index in [2.05, 4.69) is 24.9 Å². The number of anilines is 1. The largest absolute Gasteiger partial charge is 0.481 e. The summed E-state index contributed by atoms with van der Waals surface area (Å²) in [5, 5.41) is 9.59. The van der Waals surface area contributed by atoms with E-state index in [1.807, 2.05) is 17.0 Å². The first-order valence-electron chi connectivity index (χ1n) is 7.26. The van der Waals surface area contributed by atoms with Gasteiger partial charge in [0.1, 0.15) is 11.8 Å². The highest BCUT2D eigenvalue weighted by Gasteiger charge is 2.39. The number of carbonyl (C=O) groups is 1. The van der Waals surface area contributed by atoms with Gasteiger partial charge in [-0.2, -0.15) is 0 Å². The van der Waals surface area contributed by atoms with Gasteiger partial charge in [-0.05, 0) is 17.7 Å². The molecule has 2 atom stereocenters. The molecule has 2 N–H and O–H groups in total. The molecule has 0 aliphatic carbocycles. The van der Waals surface area contributed by atoms with E-state index in [-0.39, 0.29) is 5.92 Å². The summed E-state index contributed by atoms with van der Waals surface area (Å²) in [6.45, 7) is 0.972. The summed E-state index contributed by atoms with van der Waals surface area (Å²) < 4.78 is 0. The highest BCUT2D eigenvalue weighted by Crippen LogP contribution is 2.36. The standard InChI is InChI=1S/C15H14N6O2/c22-15(23)11-6-21(5-10(11)9-1-3-16-4-2-9)14-12-13(18-7-17-12)19-8-20-14/h1-4,7-8,10-11H,5-6H2,(H,22,23)(H,17,18,19,20). The van der Waals surface area contributed by atoms with E-state index in [0.717, 1.165) is 11.1 Å². The maximum atomic E-state index is 11.7. The molecule has 0 amide bonds. The van der Waals surface area contributed by atoms with E-state index >= 15 is 0 Å². The Labute approximate surface area is 131 Å². The van der Waals surface area contributed by atoms with Crippen molar-refractivity contribution in [3.05, 3.63) is 42.7 Å². The Bertz CT molecular complexity index is 849. The molecule has 0 aromatic carbocycles. The lowest BCUT2D eigenvalue weighted by Crippen LogP contribution is -2.24. The van der Waals surface area contributed by atoms with Gasteiger partial charge in [-0.3, -0.25) is 9.78 Å². The van der Waals surface area contributed by atoms with Crippen LogP contribution in [0.4, 0.5) is 5.82 Å². The second kappa shape index (κ2) is 5.31. The summed E-state index contributed by atoms with van der Waals surface area (Å²) >= 11 is 0. The predicted molar refractivity (Wildman–Crippen MR) is 82.0 cm³/mol. The molecule has 3 aromatic heterocycles. The molecule has 3 aromatic rings. The fourth-order valence-electron chi connectivity index (χ4n) is 3.17. The Kier molecular flexibility index (Phi) is 3.14. The molecule has 1 fully saturated rings. The number of carboxylic acid groups (broad SMARTS) is 1. The van der Waals surface area contributed by atoms with Crippen LogP contribution in [0.2, 0.25) is 0 Å². The first-order valence-corrected chi connectivity index (χ1v) is 7.26. The molecular formula is C15H14N6O2. The number of imidazole rings is 1. The van der Waals surface area contributed by atoms with Crippen LogP contribution in [0.3, 0.4) is 0 Å². The van der Waals surface area contributed by atoms with Crippen molar-refractivity contribution in [1.82, 2.24) is 24.9 Å². The Morgan fingerprint density at radius 1 is 1.22 bits per heavy atom. The SMILES string of the molecule is O=C(O)C1CN(c2ncnc3nc[nH]c23)CC1c1ccncc1. The van der Waals surface area contributed by atoms with Gasteiger partial charge in [0.15, 0.2) is 11.5 Å². The first-order chi connectivity index (χ1) is 11.2. The number of pyridine rings is 1. The van der Waals surface area contributed by atoms with Crippen LogP contribution in [0.1, 0.15) is 11.5 Å². The number of carboxylic acids is 1. The van der Waals surface area contributed by atoms with Gasteiger partial charge in [-0.25, -0.2) is 15.0 Å². The van der Waals surface area contributed by atoms with Crippen LogP contribution < -0.4 is 4.90 Å². The highest BCUT2D eigenvalue weighted by molar-refractivity contribution is 5.84.